The van der Waals surface area contributed by atoms with Crippen molar-refractivity contribution in [1.29, 1.82) is 10.8 Å². The molecule has 36 N–H and O–H groups in total. The summed E-state index contributed by atoms with van der Waals surface area (Å²) in [6.45, 7) is 3.43. The number of thiol groups is 2. The fraction of sp³-hybridized carbons (Fsp3) is 0.597. The van der Waals surface area contributed by atoms with Gasteiger partial charge in [-0.15, -0.1) is 0 Å². The number of nitrogens with one attached hydrogen (secondary N) is 16. The summed E-state index contributed by atoms with van der Waals surface area (Å²) in [6.07, 6.45) is -4.34. The first-order valence-corrected chi connectivity index (χ1v) is 36.8. The van der Waals surface area contributed by atoms with Crippen molar-refractivity contribution in [3.8, 4) is 11.5 Å². The van der Waals surface area contributed by atoms with Crippen LogP contribution in [0.3, 0.4) is 0 Å². The number of carbonyl (C=O) groups is 13. The van der Waals surface area contributed by atoms with Gasteiger partial charge >= 0.3 is 5.97 Å². The third kappa shape index (κ3) is 35.8. The predicted molar refractivity (Wildman–Crippen MR) is 412 cm³/mol. The number of carboxylic acids is 1. The lowest BCUT2D eigenvalue weighted by molar-refractivity contribution is -0.142. The number of hydrogen-bond acceptors (Lipinski definition) is 27. The van der Waals surface area contributed by atoms with Gasteiger partial charge in [0.2, 0.25) is 70.9 Å². The molecule has 0 fully saturated rings. The van der Waals surface area contributed by atoms with Crippen molar-refractivity contribution in [3.05, 3.63) is 59.7 Å². The highest BCUT2D eigenvalue weighted by molar-refractivity contribution is 7.81. The Morgan fingerprint density at radius 2 is 0.748 bits per heavy atom. The Morgan fingerprint density at radius 3 is 1.10 bits per heavy atom. The Hall–Kier alpha value is -9.93. The molecule has 2 aromatic rings. The van der Waals surface area contributed by atoms with Gasteiger partial charge in [-0.1, -0.05) is 24.3 Å². The van der Waals surface area contributed by atoms with Crippen molar-refractivity contribution in [1.82, 2.24) is 74.4 Å². The fourth-order valence-corrected chi connectivity index (χ4v) is 11.0. The average Bonchev–Trinajstić information content (AvgIpc) is 0.826. The Bertz CT molecular complexity index is 3420. The van der Waals surface area contributed by atoms with E-state index in [4.69, 9.17) is 51.0 Å². The minimum atomic E-state index is -1.91. The molecule has 44 heteroatoms. The predicted octanol–water partition coefficient (Wildman–Crippen LogP) is -9.79. The lowest BCUT2D eigenvalue weighted by Gasteiger charge is -2.32. The molecular formula is C67H113N23O19S2. The van der Waals surface area contributed by atoms with Crippen LogP contribution in [0.15, 0.2) is 48.5 Å². The highest BCUT2D eigenvalue weighted by Gasteiger charge is 2.41. The van der Waals surface area contributed by atoms with E-state index in [2.05, 4.69) is 99.7 Å². The van der Waals surface area contributed by atoms with Gasteiger partial charge in [0, 0.05) is 36.4 Å². The van der Waals surface area contributed by atoms with Crippen LogP contribution < -0.4 is 115 Å². The Morgan fingerprint density at radius 1 is 0.423 bits per heavy atom. The van der Waals surface area contributed by atoms with Crippen LogP contribution in [-0.2, 0) is 75.2 Å². The first-order valence-electron chi connectivity index (χ1n) is 35.7. The quantitative estimate of drug-likeness (QED) is 0.0127. The maximum absolute atomic E-state index is 14.3. The number of carboxylic acid groups (broad SMARTS) is 1. The van der Waals surface area contributed by atoms with Crippen LogP contribution >= 0.6 is 25.3 Å². The molecule has 0 bridgehead atoms. The number of aliphatic carboxylic acids is 1. The maximum atomic E-state index is 14.3. The standard InChI is InChI=1S/C67H113N23O19S2/c1-33(92)49(72)61(105)85-45(29-35-12-16-37(94)17-13-35)58(102)90-51(67(3,4)111)63(107)87-47(31-91)59(103)81-40(10-7-27-77-65(73)74)52(96)82-44(22-26-71)57(101)89-50(34(2)93)62(106)84-43(21-25-70)56(100)79-39(9-5-6-23-68)54(98)88-48(32-110)60(104)83-42(20-24-69)55(99)80-41(11-8-28-78-66(75)76)53(97)86-46(64(108)109)30-36-14-18-38(95)19-15-36/h12-19,33-34,39-51,91-95,110-111H,5-11,20-32,68-72H2,1-4H3,(H,79,100)(H,80,99)(H,81,103)(H,82,96)(H,83,104)(H,84,106)(H,85,105)(H,86,97)(H,87,107)(H,88,98)(H,89,101)(H,90,102)(H,108,109)(H4,73,74,77)(H4,75,76,78)/t33-,34-,39+,40+,41+,42+,43-,44+,45+,46+,47+,48+,49+,50+,51-/m1/s1. The SMILES string of the molecule is C[C@@H](O)[C@H](N)C(=O)N[C@@H](Cc1ccc(O)cc1)C(=O)N[C@H](C(=O)N[C@@H](CO)C(=O)N[C@@H](CCCNC(=N)N)C(=O)N[C@@H](CCN)C(=O)N[C@H](C(=O)N[C@H](CCN)C(=O)N[C@@H](CCCCN)C(=O)N[C@@H](CS)C(=O)N[C@@H](CCN)C(=O)N[C@@H](CCCNC(=N)N)C(=O)N[C@@H](Cc1ccc(O)cc1)C(=O)O)[C@@H](C)O)C(C)(C)S. The largest absolute Gasteiger partial charge is 0.508 e. The lowest BCUT2D eigenvalue weighted by atomic mass is 9.99. The van der Waals surface area contributed by atoms with E-state index in [1.54, 1.807) is 0 Å². The maximum Gasteiger partial charge on any atom is 0.326 e. The van der Waals surface area contributed by atoms with E-state index in [-0.39, 0.29) is 127 Å². The molecule has 622 valence electrons. The number of phenols is 2. The molecule has 0 saturated heterocycles. The van der Waals surface area contributed by atoms with Crippen molar-refractivity contribution >= 4 is 114 Å². The molecule has 0 aliphatic carbocycles. The summed E-state index contributed by atoms with van der Waals surface area (Å²) in [7, 11) is 0. The van der Waals surface area contributed by atoms with Gasteiger partial charge in [0.1, 0.15) is 90.0 Å². The van der Waals surface area contributed by atoms with E-state index in [0.717, 1.165) is 6.92 Å². The van der Waals surface area contributed by atoms with Gasteiger partial charge in [0.05, 0.1) is 18.8 Å². The van der Waals surface area contributed by atoms with Gasteiger partial charge in [-0.3, -0.25) is 68.4 Å². The van der Waals surface area contributed by atoms with Gasteiger partial charge in [-0.2, -0.15) is 25.3 Å². The van der Waals surface area contributed by atoms with Crippen LogP contribution in [0, 0.1) is 10.8 Å². The molecule has 0 aliphatic rings. The Kier molecular flexibility index (Phi) is 43.8. The summed E-state index contributed by atoms with van der Waals surface area (Å²) in [4.78, 5) is 180. The number of phenolic OH excluding ortho intramolecular Hbond substituents is 2. The number of rotatable bonds is 52. The molecule has 12 amide bonds. The van der Waals surface area contributed by atoms with Crippen LogP contribution in [0.4, 0.5) is 0 Å². The summed E-state index contributed by atoms with van der Waals surface area (Å²) < 4.78 is -1.46. The molecule has 0 heterocycles. The number of benzene rings is 2. The average molecular weight is 1610 g/mol. The third-order valence-electron chi connectivity index (χ3n) is 16.9. The monoisotopic (exact) mass is 1610 g/mol. The van der Waals surface area contributed by atoms with E-state index in [9.17, 15) is 93.0 Å². The molecule has 15 atom stereocenters. The molecule has 42 nitrogen and oxygen atoms in total. The summed E-state index contributed by atoms with van der Waals surface area (Å²) in [5.41, 5.74) is 41.0. The molecule has 0 saturated carbocycles. The molecule has 111 heavy (non-hydrogen) atoms. The van der Waals surface area contributed by atoms with Gasteiger partial charge in [-0.25, -0.2) is 4.79 Å². The summed E-state index contributed by atoms with van der Waals surface area (Å²) in [5, 5.41) is 111. The molecule has 0 aromatic heterocycles. The number of hydrogen-bond donors (Lipinski definition) is 31. The minimum absolute atomic E-state index is 0.00916. The van der Waals surface area contributed by atoms with E-state index >= 15 is 0 Å². The minimum Gasteiger partial charge on any atom is -0.508 e. The zero-order valence-corrected chi connectivity index (χ0v) is 64.1. The molecular weight excluding hydrogens is 1500 g/mol. The zero-order chi connectivity index (χ0) is 83.8. The van der Waals surface area contributed by atoms with E-state index in [1.165, 1.54) is 69.3 Å². The Labute approximate surface area is 652 Å². The molecule has 0 unspecified atom stereocenters. The summed E-state index contributed by atoms with van der Waals surface area (Å²) >= 11 is 8.76. The number of nitrogens with two attached hydrogens (primary N) is 7. The molecule has 0 spiro atoms. The topological polar surface area (TPSA) is 742 Å². The number of aliphatic hydroxyl groups excluding tert-OH is 3. The van der Waals surface area contributed by atoms with E-state index < -0.39 is 191 Å². The van der Waals surface area contributed by atoms with Gasteiger partial charge in [-0.05, 0) is 153 Å². The second kappa shape index (κ2) is 50.1. The van der Waals surface area contributed by atoms with Gasteiger partial charge < -0.3 is 145 Å². The molecule has 0 radical (unpaired) electrons. The number of unbranched alkanes of at least 4 members (excludes halogenated alkanes) is 1. The van der Waals surface area contributed by atoms with Gasteiger partial charge in [0.15, 0.2) is 11.9 Å². The number of amides is 12. The van der Waals surface area contributed by atoms with Crippen molar-refractivity contribution in [2.75, 3.05) is 51.6 Å². The van der Waals surface area contributed by atoms with Crippen molar-refractivity contribution < 1.29 is 93.0 Å². The van der Waals surface area contributed by atoms with Crippen LogP contribution in [-0.4, -0.2) is 267 Å². The van der Waals surface area contributed by atoms with Crippen LogP contribution in [0.25, 0.3) is 0 Å². The molecule has 2 aromatic carbocycles. The van der Waals surface area contributed by atoms with Crippen molar-refractivity contribution in [2.45, 2.75) is 200 Å². The van der Waals surface area contributed by atoms with E-state index in [1.807, 2.05) is 0 Å². The smallest absolute Gasteiger partial charge is 0.326 e. The van der Waals surface area contributed by atoms with Crippen molar-refractivity contribution in [2.24, 2.45) is 40.1 Å². The molecule has 2 rings (SSSR count). The van der Waals surface area contributed by atoms with Crippen LogP contribution in [0.2, 0.25) is 0 Å². The van der Waals surface area contributed by atoms with Crippen LogP contribution in [0.1, 0.15) is 103 Å². The number of aromatic hydroxyl groups is 2. The summed E-state index contributed by atoms with van der Waals surface area (Å²) in [5.74, 6) is -15.4. The first-order chi connectivity index (χ1) is 52.2. The highest BCUT2D eigenvalue weighted by Crippen LogP contribution is 2.20. The normalized spacial score (nSPS) is 15.3. The second-order valence-corrected chi connectivity index (χ2v) is 28.1. The number of guanidine groups is 2. The number of aliphatic hydroxyl groups is 3. The van der Waals surface area contributed by atoms with E-state index in [0.29, 0.717) is 17.5 Å². The fourth-order valence-electron chi connectivity index (χ4n) is 10.6. The van der Waals surface area contributed by atoms with Gasteiger partial charge in [0.25, 0.3) is 0 Å². The zero-order valence-electron chi connectivity index (χ0n) is 62.3. The Balaban J connectivity index is 2.40. The highest BCUT2D eigenvalue weighted by atomic mass is 32.1. The first kappa shape index (κ1) is 97.1. The molecule has 0 aliphatic heterocycles. The second-order valence-electron chi connectivity index (χ2n) is 26.6. The van der Waals surface area contributed by atoms with Crippen LogP contribution in [0.5, 0.6) is 11.5 Å². The van der Waals surface area contributed by atoms with Crippen molar-refractivity contribution in [3.63, 3.8) is 0 Å². The lowest BCUT2D eigenvalue weighted by Crippen LogP contribution is -2.64. The summed E-state index contributed by atoms with van der Waals surface area (Å²) in [6, 6.07) is -9.60. The third-order valence-corrected chi connectivity index (χ3v) is 17.5. The number of carbonyl (C=O) groups excluding carboxylic acids is 12.